The molecule has 0 bridgehead atoms. The molecule has 7 nitrogen and oxygen atoms in total. The highest BCUT2D eigenvalue weighted by Crippen LogP contribution is 2.33. The SMILES string of the molecule is O=C(CN1C=C(NS(=O)(=O)c2c(Cl)cc(Cl)cc2Cl)SN1)N1CCCCC1. The molecule has 1 fully saturated rings. The first kappa shape index (κ1) is 20.9. The number of carbonyl (C=O) groups excluding carboxylic acids is 1. The van der Waals surface area contributed by atoms with E-state index in [0.29, 0.717) is 5.03 Å². The third-order valence-electron chi connectivity index (χ3n) is 4.03. The van der Waals surface area contributed by atoms with Crippen LogP contribution in [0.5, 0.6) is 0 Å². The molecule has 148 valence electrons. The molecule has 2 heterocycles. The van der Waals surface area contributed by atoms with Crippen molar-refractivity contribution in [2.24, 2.45) is 0 Å². The summed E-state index contributed by atoms with van der Waals surface area (Å²) in [5.41, 5.74) is 0. The zero-order chi connectivity index (χ0) is 19.6. The lowest BCUT2D eigenvalue weighted by Gasteiger charge is -2.28. The van der Waals surface area contributed by atoms with E-state index >= 15 is 0 Å². The van der Waals surface area contributed by atoms with Gasteiger partial charge in [0.2, 0.25) is 5.91 Å². The first-order chi connectivity index (χ1) is 12.8. The molecular formula is C15H17Cl3N4O3S2. The minimum atomic E-state index is -4.02. The number of nitrogens with zero attached hydrogens (tertiary/aromatic N) is 2. The average molecular weight is 472 g/mol. The number of halogens is 3. The normalized spacial score (nSPS) is 17.8. The molecule has 2 aliphatic heterocycles. The monoisotopic (exact) mass is 470 g/mol. The second-order valence-corrected chi connectivity index (χ2v) is 9.76. The molecule has 2 N–H and O–H groups in total. The Hall–Kier alpha value is -0.840. The number of piperidine rings is 1. The van der Waals surface area contributed by atoms with Gasteiger partial charge in [0.25, 0.3) is 10.0 Å². The molecule has 1 aromatic carbocycles. The van der Waals surface area contributed by atoms with E-state index in [9.17, 15) is 13.2 Å². The van der Waals surface area contributed by atoms with E-state index in [1.54, 1.807) is 0 Å². The van der Waals surface area contributed by atoms with E-state index < -0.39 is 10.0 Å². The van der Waals surface area contributed by atoms with Crippen LogP contribution in [-0.2, 0) is 14.8 Å². The van der Waals surface area contributed by atoms with Crippen LogP contribution in [0.4, 0.5) is 0 Å². The first-order valence-electron chi connectivity index (χ1n) is 8.12. The molecule has 0 unspecified atom stereocenters. The highest BCUT2D eigenvalue weighted by Gasteiger charge is 2.27. The summed E-state index contributed by atoms with van der Waals surface area (Å²) < 4.78 is 27.6. The molecule has 0 aromatic heterocycles. The molecule has 1 aromatic rings. The van der Waals surface area contributed by atoms with Crippen LogP contribution in [0, 0.1) is 0 Å². The quantitative estimate of drug-likeness (QED) is 0.642. The third kappa shape index (κ3) is 5.16. The van der Waals surface area contributed by atoms with Gasteiger partial charge in [-0.15, -0.1) is 0 Å². The first-order valence-corrected chi connectivity index (χ1v) is 11.6. The van der Waals surface area contributed by atoms with Crippen LogP contribution in [0.25, 0.3) is 0 Å². The lowest BCUT2D eigenvalue weighted by atomic mass is 10.1. The van der Waals surface area contributed by atoms with Crippen LogP contribution in [0.3, 0.4) is 0 Å². The molecule has 3 rings (SSSR count). The number of carbonyl (C=O) groups is 1. The lowest BCUT2D eigenvalue weighted by molar-refractivity contribution is -0.132. The van der Waals surface area contributed by atoms with Crippen LogP contribution < -0.4 is 9.55 Å². The summed E-state index contributed by atoms with van der Waals surface area (Å²) in [7, 11) is -4.02. The number of likely N-dealkylation sites (tertiary alicyclic amines) is 1. The Kier molecular flexibility index (Phi) is 6.70. The van der Waals surface area contributed by atoms with Crippen LogP contribution in [0.2, 0.25) is 15.1 Å². The molecular weight excluding hydrogens is 455 g/mol. The summed E-state index contributed by atoms with van der Waals surface area (Å²) in [5, 5.41) is 1.92. The number of hydrogen-bond acceptors (Lipinski definition) is 6. The van der Waals surface area contributed by atoms with Crippen LogP contribution in [0.15, 0.2) is 28.3 Å². The number of benzene rings is 1. The van der Waals surface area contributed by atoms with Crippen molar-refractivity contribution in [1.82, 2.24) is 19.5 Å². The molecule has 2 aliphatic rings. The zero-order valence-electron chi connectivity index (χ0n) is 14.0. The van der Waals surface area contributed by atoms with E-state index in [1.165, 1.54) is 23.3 Å². The molecule has 1 saturated heterocycles. The fourth-order valence-electron chi connectivity index (χ4n) is 2.79. The van der Waals surface area contributed by atoms with Gasteiger partial charge < -0.3 is 4.90 Å². The zero-order valence-corrected chi connectivity index (χ0v) is 17.9. The average Bonchev–Trinajstić information content (AvgIpc) is 3.00. The summed E-state index contributed by atoms with van der Waals surface area (Å²) in [5.74, 6) is -0.00746. The maximum Gasteiger partial charge on any atom is 0.265 e. The topological polar surface area (TPSA) is 81.8 Å². The van der Waals surface area contributed by atoms with E-state index in [1.807, 2.05) is 4.90 Å². The Morgan fingerprint density at radius 3 is 2.41 bits per heavy atom. The standard InChI is InChI=1S/C15H17Cl3N4O3S2/c16-10-6-11(17)15(12(18)7-10)27(24,25)19-13-8-22(20-26-13)9-14(23)21-4-2-1-3-5-21/h6-8,19-20H,1-5,9H2. The molecule has 0 spiro atoms. The van der Waals surface area contributed by atoms with E-state index in [0.717, 1.165) is 44.3 Å². The number of sulfonamides is 1. The van der Waals surface area contributed by atoms with Crippen molar-refractivity contribution in [3.63, 3.8) is 0 Å². The summed E-state index contributed by atoms with van der Waals surface area (Å²) in [6.45, 7) is 1.63. The summed E-state index contributed by atoms with van der Waals surface area (Å²) in [4.78, 5) is 16.8. The molecule has 27 heavy (non-hydrogen) atoms. The molecule has 12 heteroatoms. The predicted octanol–water partition coefficient (Wildman–Crippen LogP) is 3.20. The predicted molar refractivity (Wildman–Crippen MR) is 108 cm³/mol. The summed E-state index contributed by atoms with van der Waals surface area (Å²) in [6.07, 6.45) is 4.68. The Morgan fingerprint density at radius 2 is 1.78 bits per heavy atom. The second kappa shape index (κ2) is 8.67. The smallest absolute Gasteiger partial charge is 0.265 e. The van der Waals surface area contributed by atoms with Crippen molar-refractivity contribution in [2.45, 2.75) is 24.2 Å². The highest BCUT2D eigenvalue weighted by atomic mass is 35.5. The van der Waals surface area contributed by atoms with E-state index in [-0.39, 0.29) is 32.4 Å². The van der Waals surface area contributed by atoms with Gasteiger partial charge in [-0.1, -0.05) is 34.8 Å². The number of amides is 1. The summed E-state index contributed by atoms with van der Waals surface area (Å²) >= 11 is 18.9. The van der Waals surface area contributed by atoms with Gasteiger partial charge in [-0.2, -0.15) is 4.83 Å². The Labute approximate surface area is 177 Å². The Balaban J connectivity index is 1.67. The number of hydrogen-bond donors (Lipinski definition) is 2. The minimum Gasteiger partial charge on any atom is -0.341 e. The van der Waals surface area contributed by atoms with E-state index in [2.05, 4.69) is 9.55 Å². The minimum absolute atomic E-state index is 0.00746. The van der Waals surface area contributed by atoms with Crippen molar-refractivity contribution in [3.8, 4) is 0 Å². The van der Waals surface area contributed by atoms with Gasteiger partial charge in [0.1, 0.15) is 16.5 Å². The lowest BCUT2D eigenvalue weighted by Crippen LogP contribution is -2.42. The number of nitrogens with one attached hydrogen (secondary N) is 2. The van der Waals surface area contributed by atoms with Crippen molar-refractivity contribution in [1.29, 1.82) is 0 Å². The van der Waals surface area contributed by atoms with Crippen molar-refractivity contribution in [3.05, 3.63) is 38.4 Å². The van der Waals surface area contributed by atoms with Gasteiger partial charge >= 0.3 is 0 Å². The molecule has 0 radical (unpaired) electrons. The van der Waals surface area contributed by atoms with Crippen LogP contribution in [-0.4, -0.2) is 43.9 Å². The molecule has 0 atom stereocenters. The second-order valence-electron chi connectivity index (χ2n) is 6.06. The summed E-state index contributed by atoms with van der Waals surface area (Å²) in [6, 6.07) is 2.61. The van der Waals surface area contributed by atoms with Crippen molar-refractivity contribution in [2.75, 3.05) is 19.6 Å². The highest BCUT2D eigenvalue weighted by molar-refractivity contribution is 8.02. The number of hydrazine groups is 1. The third-order valence-corrected chi connectivity index (χ3v) is 7.41. The van der Waals surface area contributed by atoms with Gasteiger partial charge in [-0.25, -0.2) is 8.42 Å². The Bertz CT molecular complexity index is 850. The maximum absolute atomic E-state index is 12.6. The van der Waals surface area contributed by atoms with Crippen molar-refractivity contribution >= 4 is 62.7 Å². The fraction of sp³-hybridized carbons (Fsp3) is 0.400. The maximum atomic E-state index is 12.6. The van der Waals surface area contributed by atoms with Crippen LogP contribution in [0.1, 0.15) is 19.3 Å². The van der Waals surface area contributed by atoms with Gasteiger partial charge in [0.05, 0.1) is 10.0 Å². The van der Waals surface area contributed by atoms with Crippen molar-refractivity contribution < 1.29 is 13.2 Å². The molecule has 0 saturated carbocycles. The van der Waals surface area contributed by atoms with Crippen LogP contribution >= 0.6 is 46.8 Å². The Morgan fingerprint density at radius 1 is 1.15 bits per heavy atom. The van der Waals surface area contributed by atoms with Gasteiger partial charge in [-0.3, -0.25) is 14.5 Å². The van der Waals surface area contributed by atoms with Gasteiger partial charge in [0, 0.05) is 24.3 Å². The van der Waals surface area contributed by atoms with Gasteiger partial charge in [0.15, 0.2) is 0 Å². The number of rotatable bonds is 5. The van der Waals surface area contributed by atoms with Gasteiger partial charge in [-0.05, 0) is 43.3 Å². The largest absolute Gasteiger partial charge is 0.341 e. The van der Waals surface area contributed by atoms with E-state index in [4.69, 9.17) is 34.8 Å². The molecule has 1 amide bonds. The molecule has 0 aliphatic carbocycles. The fourth-order valence-corrected chi connectivity index (χ4v) is 6.27.